The van der Waals surface area contributed by atoms with E-state index in [0.717, 1.165) is 134 Å². The predicted octanol–water partition coefficient (Wildman–Crippen LogP) is 13.7. The normalized spacial score (nSPS) is 36.7. The minimum Gasteiger partial charge on any atom is -0.380 e. The van der Waals surface area contributed by atoms with Crippen molar-refractivity contribution in [3.8, 4) is 0 Å². The number of nitrogens with zero attached hydrogens (tertiary/aromatic N) is 8. The van der Waals surface area contributed by atoms with Crippen molar-refractivity contribution >= 4 is 0 Å². The number of fused-ring (bicyclic) bond motifs is 10. The van der Waals surface area contributed by atoms with Gasteiger partial charge in [-0.1, -0.05) is 19.3 Å². The molecule has 494 valence electrons. The molecule has 12 saturated heterocycles. The standard InChI is InChI=1S/C12H23N.C10H19NO.2C10H19N.2C8H15NO.2C8H15N/c1-11(2,3)13-9-7-12(8-10-13)5-4-6-12;1-8(2)11-9-4-3-5-10(11)7-12-6-9;1-8(2)11-6-9-3-4-10(5-9)7-11;1-8(2)11-9-4-3-5-10(11)7-6-9;1-7(2)9-3-8(4-9)5-10-6-8;1-6(2)9-4-8-3-7(9)5-10-8;1-6(2)9-4-7-3-8(7)5-9;1-6(2)9-4-3-7-5-8(7)9/h4-10H2,1-3H3;8-10H,3-7H2,1-2H3;2*8-10H,3-7H2,1-2H3;7H,3-6H2,1-2H3;6-8H,3-5H2,1-2H3;2*6-8H,3-5H2,1-2H3. The minimum absolute atomic E-state index is 0.394. The van der Waals surface area contributed by atoms with Crippen LogP contribution in [-0.2, 0) is 14.2 Å². The van der Waals surface area contributed by atoms with Gasteiger partial charge < -0.3 is 24.0 Å². The summed E-state index contributed by atoms with van der Waals surface area (Å²) in [4.78, 5) is 21.0. The average molecular weight is 1190 g/mol. The molecule has 0 radical (unpaired) electrons. The third-order valence-corrected chi connectivity index (χ3v) is 24.7. The summed E-state index contributed by atoms with van der Waals surface area (Å²) in [7, 11) is 0. The first-order valence-electron chi connectivity index (χ1n) is 37.2. The Morgan fingerprint density at radius 3 is 1.24 bits per heavy atom. The van der Waals surface area contributed by atoms with Crippen molar-refractivity contribution in [2.75, 3.05) is 98.5 Å². The molecule has 2 spiro atoms. The lowest BCUT2D eigenvalue weighted by Gasteiger charge is -2.56. The van der Waals surface area contributed by atoms with Crippen LogP contribution < -0.4 is 0 Å². The molecular formula is C74H140N8O3. The van der Waals surface area contributed by atoms with Gasteiger partial charge in [0.15, 0.2) is 0 Å². The van der Waals surface area contributed by atoms with Gasteiger partial charge in [0.25, 0.3) is 0 Å². The Kier molecular flexibility index (Phi) is 24.8. The van der Waals surface area contributed by atoms with E-state index < -0.39 is 0 Å². The van der Waals surface area contributed by atoms with Gasteiger partial charge in [-0.3, -0.25) is 29.4 Å². The van der Waals surface area contributed by atoms with Crippen LogP contribution in [-0.4, -0.2) is 228 Å². The number of rotatable bonds is 7. The molecule has 12 aliphatic heterocycles. The first kappa shape index (κ1) is 68.9. The van der Waals surface area contributed by atoms with Crippen molar-refractivity contribution in [3.63, 3.8) is 0 Å². The van der Waals surface area contributed by atoms with E-state index in [1.165, 1.54) is 194 Å². The van der Waals surface area contributed by atoms with Crippen LogP contribution in [0.4, 0.5) is 0 Å². The monoisotopic (exact) mass is 1190 g/mol. The van der Waals surface area contributed by atoms with E-state index >= 15 is 0 Å². The molecule has 16 rings (SSSR count). The number of likely N-dealkylation sites (tertiary alicyclic amines) is 6. The summed E-state index contributed by atoms with van der Waals surface area (Å²) in [6, 6.07) is 10.4. The minimum atomic E-state index is 0.394. The Balaban J connectivity index is 0.000000117. The van der Waals surface area contributed by atoms with Gasteiger partial charge in [-0.15, -0.1) is 0 Å². The number of morpholine rings is 2. The molecule has 0 aromatic rings. The summed E-state index contributed by atoms with van der Waals surface area (Å²) < 4.78 is 16.2. The molecule has 85 heavy (non-hydrogen) atoms. The van der Waals surface area contributed by atoms with Crippen LogP contribution in [0.25, 0.3) is 0 Å². The van der Waals surface area contributed by atoms with Crippen molar-refractivity contribution in [2.24, 2.45) is 40.4 Å². The second-order valence-corrected chi connectivity index (χ2v) is 34.4. The molecule has 12 heterocycles. The van der Waals surface area contributed by atoms with Crippen molar-refractivity contribution in [1.29, 1.82) is 0 Å². The van der Waals surface area contributed by atoms with Crippen molar-refractivity contribution in [1.82, 2.24) is 39.2 Å². The van der Waals surface area contributed by atoms with Crippen LogP contribution in [0.2, 0.25) is 0 Å². The van der Waals surface area contributed by atoms with Crippen LogP contribution in [0.5, 0.6) is 0 Å². The molecule has 12 unspecified atom stereocenters. The van der Waals surface area contributed by atoms with Crippen LogP contribution in [0, 0.1) is 40.4 Å². The molecule has 4 aliphatic carbocycles. The summed E-state index contributed by atoms with van der Waals surface area (Å²) in [5, 5.41) is 0. The van der Waals surface area contributed by atoms with Gasteiger partial charge in [-0.25, -0.2) is 0 Å². The zero-order valence-corrected chi connectivity index (χ0v) is 59.0. The first-order valence-corrected chi connectivity index (χ1v) is 37.2. The fraction of sp³-hybridized carbons (Fsp3) is 1.00. The van der Waals surface area contributed by atoms with Crippen molar-refractivity contribution in [3.05, 3.63) is 0 Å². The van der Waals surface area contributed by atoms with Crippen LogP contribution in [0.15, 0.2) is 0 Å². The second-order valence-electron chi connectivity index (χ2n) is 34.4. The first-order chi connectivity index (χ1) is 40.4. The lowest BCUT2D eigenvalue weighted by Crippen LogP contribution is -2.67. The Morgan fingerprint density at radius 1 is 0.388 bits per heavy atom. The molecule has 4 saturated carbocycles. The SMILES string of the molecule is CC(C)(C)N1CCC2(CCC2)CC1.CC(C)N1C2CCCC1CC2.CC(C)N1C2CCCC1COC2.CC(C)N1CC2(COC2)C1.CC(C)N1CC2CC1CO2.CC(C)N1CC2CC2C1.CC(C)N1CC2CCC(C2)C1.CC(C)N1CCC2CC21. The highest BCUT2D eigenvalue weighted by molar-refractivity contribution is 5.03. The van der Waals surface area contributed by atoms with Gasteiger partial charge in [0.1, 0.15) is 0 Å². The molecule has 0 aromatic heterocycles. The molecule has 16 fully saturated rings. The van der Waals surface area contributed by atoms with Crippen LogP contribution in [0.1, 0.15) is 246 Å². The van der Waals surface area contributed by atoms with E-state index in [9.17, 15) is 0 Å². The highest BCUT2D eigenvalue weighted by Gasteiger charge is 2.50. The highest BCUT2D eigenvalue weighted by atomic mass is 16.5. The third-order valence-electron chi connectivity index (χ3n) is 24.7. The Labute approximate surface area is 526 Å². The summed E-state index contributed by atoms with van der Waals surface area (Å²) in [5.74, 6) is 5.42. The zero-order valence-electron chi connectivity index (χ0n) is 59.0. The maximum absolute atomic E-state index is 5.58. The molecule has 12 atom stereocenters. The fourth-order valence-electron chi connectivity index (χ4n) is 18.9. The van der Waals surface area contributed by atoms with E-state index in [4.69, 9.17) is 14.2 Å². The molecule has 16 aliphatic rings. The molecule has 8 bridgehead atoms. The van der Waals surface area contributed by atoms with Gasteiger partial charge in [-0.05, 0) is 281 Å². The number of hydrogen-bond donors (Lipinski definition) is 0. The number of hydrogen-bond acceptors (Lipinski definition) is 11. The van der Waals surface area contributed by atoms with E-state index in [1.54, 1.807) is 0 Å². The summed E-state index contributed by atoms with van der Waals surface area (Å²) in [6.07, 6.45) is 29.8. The summed E-state index contributed by atoms with van der Waals surface area (Å²) in [6.45, 7) is 57.4. The molecule has 11 heteroatoms. The second kappa shape index (κ2) is 30.5. The van der Waals surface area contributed by atoms with Gasteiger partial charge in [0.05, 0.1) is 39.1 Å². The Hall–Kier alpha value is -0.440. The fourth-order valence-corrected chi connectivity index (χ4v) is 18.9. The van der Waals surface area contributed by atoms with E-state index in [0.29, 0.717) is 29.1 Å². The molecule has 0 N–H and O–H groups in total. The molecular weight excluding hydrogens is 1050 g/mol. The quantitative estimate of drug-likeness (QED) is 0.245. The predicted molar refractivity (Wildman–Crippen MR) is 358 cm³/mol. The topological polar surface area (TPSA) is 53.6 Å². The van der Waals surface area contributed by atoms with E-state index in [-0.39, 0.29) is 0 Å². The number of piperidine rings is 6. The summed E-state index contributed by atoms with van der Waals surface area (Å²) in [5.41, 5.74) is 1.80. The van der Waals surface area contributed by atoms with Crippen molar-refractivity contribution in [2.45, 2.75) is 336 Å². The molecule has 0 amide bonds. The Morgan fingerprint density at radius 2 is 0.906 bits per heavy atom. The lowest BCUT2D eigenvalue weighted by molar-refractivity contribution is -0.195. The zero-order chi connectivity index (χ0) is 61.0. The van der Waals surface area contributed by atoms with Gasteiger partial charge in [0.2, 0.25) is 0 Å². The van der Waals surface area contributed by atoms with Gasteiger partial charge >= 0.3 is 0 Å². The van der Waals surface area contributed by atoms with Crippen molar-refractivity contribution < 1.29 is 14.2 Å². The maximum Gasteiger partial charge on any atom is 0.0718 e. The van der Waals surface area contributed by atoms with Gasteiger partial charge in [0, 0.05) is 135 Å². The highest BCUT2D eigenvalue weighted by Crippen LogP contribution is 2.50. The Bertz CT molecular complexity index is 1890. The van der Waals surface area contributed by atoms with Crippen LogP contribution >= 0.6 is 0 Å². The van der Waals surface area contributed by atoms with E-state index in [2.05, 4.69) is 157 Å². The average Bonchev–Trinajstić information content (AvgIpc) is 2.25. The molecule has 11 nitrogen and oxygen atoms in total. The summed E-state index contributed by atoms with van der Waals surface area (Å²) >= 11 is 0. The van der Waals surface area contributed by atoms with Gasteiger partial charge in [-0.2, -0.15) is 0 Å². The lowest BCUT2D eigenvalue weighted by atomic mass is 9.63. The van der Waals surface area contributed by atoms with Crippen LogP contribution in [0.3, 0.4) is 0 Å². The molecule has 0 aromatic carbocycles. The maximum atomic E-state index is 5.58. The number of ether oxygens (including phenoxy) is 3. The third kappa shape index (κ3) is 18.5. The van der Waals surface area contributed by atoms with E-state index in [1.807, 2.05) is 0 Å². The largest absolute Gasteiger partial charge is 0.380 e. The smallest absolute Gasteiger partial charge is 0.0718 e.